The van der Waals surface area contributed by atoms with E-state index in [9.17, 15) is 4.79 Å². The predicted molar refractivity (Wildman–Crippen MR) is 143 cm³/mol. The Labute approximate surface area is 224 Å². The Morgan fingerprint density at radius 2 is 2.03 bits per heavy atom. The van der Waals surface area contributed by atoms with Gasteiger partial charge in [-0.25, -0.2) is 4.68 Å². The summed E-state index contributed by atoms with van der Waals surface area (Å²) in [6.45, 7) is 3.36. The summed E-state index contributed by atoms with van der Waals surface area (Å²) in [4.78, 5) is 20.2. The van der Waals surface area contributed by atoms with Crippen molar-refractivity contribution in [2.75, 3.05) is 26.9 Å². The largest absolute Gasteiger partial charge is 0.497 e. The lowest BCUT2D eigenvalue weighted by Gasteiger charge is -2.32. The Kier molecular flexibility index (Phi) is 7.50. The number of ether oxygens (including phenoxy) is 3. The van der Waals surface area contributed by atoms with Crippen molar-refractivity contribution in [3.05, 3.63) is 68.4 Å². The van der Waals surface area contributed by atoms with Crippen LogP contribution in [0, 0.1) is 0 Å². The van der Waals surface area contributed by atoms with Gasteiger partial charge in [-0.3, -0.25) is 9.69 Å². The molecule has 0 bridgehead atoms. The SMILES string of the molecule is COc1ccc2[nH]c(=O)c([C@@H](c3nnnn3C[C@@H]3CCCO3)N(Cc3cccs3)C[C@@H]3CCCO3)cc2c1. The van der Waals surface area contributed by atoms with E-state index in [1.807, 2.05) is 28.9 Å². The number of nitrogens with one attached hydrogen (secondary N) is 1. The van der Waals surface area contributed by atoms with Crippen LogP contribution in [0.25, 0.3) is 10.9 Å². The van der Waals surface area contributed by atoms with Crippen LogP contribution in [0.15, 0.2) is 46.6 Å². The Balaban J connectivity index is 1.47. The molecule has 0 spiro atoms. The fourth-order valence-corrected chi connectivity index (χ4v) is 6.19. The Bertz CT molecular complexity index is 1410. The van der Waals surface area contributed by atoms with Crippen molar-refractivity contribution in [1.82, 2.24) is 30.1 Å². The van der Waals surface area contributed by atoms with E-state index in [0.717, 1.165) is 55.5 Å². The van der Waals surface area contributed by atoms with Crippen LogP contribution in [0.3, 0.4) is 0 Å². The zero-order valence-corrected chi connectivity index (χ0v) is 22.2. The second kappa shape index (κ2) is 11.3. The Hall–Kier alpha value is -3.12. The molecule has 2 aliphatic rings. The molecule has 1 N–H and O–H groups in total. The van der Waals surface area contributed by atoms with Crippen molar-refractivity contribution in [2.24, 2.45) is 0 Å². The summed E-state index contributed by atoms with van der Waals surface area (Å²) in [6, 6.07) is 11.3. The van der Waals surface area contributed by atoms with E-state index in [1.54, 1.807) is 18.4 Å². The van der Waals surface area contributed by atoms with Crippen LogP contribution in [-0.2, 0) is 22.6 Å². The van der Waals surface area contributed by atoms with E-state index in [2.05, 4.69) is 42.9 Å². The number of benzene rings is 1. The van der Waals surface area contributed by atoms with Gasteiger partial charge < -0.3 is 19.2 Å². The van der Waals surface area contributed by atoms with Gasteiger partial charge in [-0.2, -0.15) is 0 Å². The summed E-state index contributed by atoms with van der Waals surface area (Å²) in [5, 5.41) is 15.9. The molecule has 200 valence electrons. The monoisotopic (exact) mass is 536 g/mol. The summed E-state index contributed by atoms with van der Waals surface area (Å²) in [5.41, 5.74) is 1.17. The summed E-state index contributed by atoms with van der Waals surface area (Å²) in [5.74, 6) is 1.35. The van der Waals surface area contributed by atoms with E-state index < -0.39 is 6.04 Å². The molecule has 0 amide bonds. The van der Waals surface area contributed by atoms with Crippen LogP contribution in [-0.4, -0.2) is 69.2 Å². The van der Waals surface area contributed by atoms with Gasteiger partial charge in [0.1, 0.15) is 11.8 Å². The number of nitrogens with zero attached hydrogens (tertiary/aromatic N) is 5. The second-order valence-corrected chi connectivity index (χ2v) is 10.9. The van der Waals surface area contributed by atoms with Crippen molar-refractivity contribution < 1.29 is 14.2 Å². The molecule has 5 heterocycles. The quantitative estimate of drug-likeness (QED) is 0.328. The minimum atomic E-state index is -0.489. The fraction of sp³-hybridized carbons (Fsp3) is 0.481. The molecule has 0 radical (unpaired) electrons. The number of aromatic nitrogens is 5. The maximum Gasteiger partial charge on any atom is 0.253 e. The number of hydrogen-bond donors (Lipinski definition) is 1. The van der Waals surface area contributed by atoms with E-state index in [4.69, 9.17) is 14.2 Å². The maximum absolute atomic E-state index is 13.7. The van der Waals surface area contributed by atoms with E-state index in [1.165, 1.54) is 4.88 Å². The van der Waals surface area contributed by atoms with Crippen LogP contribution in [0.4, 0.5) is 0 Å². The van der Waals surface area contributed by atoms with Gasteiger partial charge in [-0.1, -0.05) is 6.07 Å². The molecule has 10 nitrogen and oxygen atoms in total. The van der Waals surface area contributed by atoms with Gasteiger partial charge in [0.2, 0.25) is 0 Å². The lowest BCUT2D eigenvalue weighted by atomic mass is 10.0. The zero-order chi connectivity index (χ0) is 25.9. The molecular weight excluding hydrogens is 504 g/mol. The highest BCUT2D eigenvalue weighted by Gasteiger charge is 2.34. The highest BCUT2D eigenvalue weighted by Crippen LogP contribution is 2.32. The van der Waals surface area contributed by atoms with Crippen molar-refractivity contribution in [3.63, 3.8) is 0 Å². The first-order chi connectivity index (χ1) is 18.7. The summed E-state index contributed by atoms with van der Waals surface area (Å²) >= 11 is 1.70. The Morgan fingerprint density at radius 3 is 2.76 bits per heavy atom. The summed E-state index contributed by atoms with van der Waals surface area (Å²) in [6.07, 6.45) is 4.16. The highest BCUT2D eigenvalue weighted by atomic mass is 32.1. The number of aromatic amines is 1. The van der Waals surface area contributed by atoms with Gasteiger partial charge in [0.05, 0.1) is 25.9 Å². The second-order valence-electron chi connectivity index (χ2n) is 9.91. The molecule has 3 aromatic heterocycles. The third-order valence-corrected chi connectivity index (χ3v) is 8.21. The molecule has 38 heavy (non-hydrogen) atoms. The molecule has 6 rings (SSSR count). The standard InChI is InChI=1S/C27H32N6O4S/c1-35-19-8-9-24-18(13-19)14-23(27(34)28-24)25(26-29-30-31-33(26)16-21-6-3-11-37-21)32(15-20-5-2-10-36-20)17-22-7-4-12-38-22/h4,7-9,12-14,20-21,25H,2-3,5-6,10-11,15-17H2,1H3,(H,28,34)/t20-,21-,25-/m0/s1. The number of rotatable bonds is 10. The third kappa shape index (κ3) is 5.37. The first-order valence-electron chi connectivity index (χ1n) is 13.1. The van der Waals surface area contributed by atoms with Gasteiger partial charge in [-0.05, 0) is 71.8 Å². The van der Waals surface area contributed by atoms with Crippen molar-refractivity contribution >= 4 is 22.2 Å². The smallest absolute Gasteiger partial charge is 0.253 e. The lowest BCUT2D eigenvalue weighted by Crippen LogP contribution is -2.39. The number of methoxy groups -OCH3 is 1. The lowest BCUT2D eigenvalue weighted by molar-refractivity contribution is 0.0559. The average molecular weight is 537 g/mol. The van der Waals surface area contributed by atoms with Crippen LogP contribution < -0.4 is 10.3 Å². The highest BCUT2D eigenvalue weighted by molar-refractivity contribution is 7.09. The van der Waals surface area contributed by atoms with Gasteiger partial charge in [0, 0.05) is 47.6 Å². The number of hydrogen-bond acceptors (Lipinski definition) is 9. The van der Waals surface area contributed by atoms with Gasteiger partial charge in [0.15, 0.2) is 5.82 Å². The van der Waals surface area contributed by atoms with Crippen molar-refractivity contribution in [1.29, 1.82) is 0 Å². The van der Waals surface area contributed by atoms with E-state index in [0.29, 0.717) is 31.0 Å². The van der Waals surface area contributed by atoms with Gasteiger partial charge >= 0.3 is 0 Å². The first-order valence-corrected chi connectivity index (χ1v) is 14.0. The number of tetrazole rings is 1. The zero-order valence-electron chi connectivity index (χ0n) is 21.4. The summed E-state index contributed by atoms with van der Waals surface area (Å²) in [7, 11) is 1.64. The normalized spacial score (nSPS) is 20.5. The van der Waals surface area contributed by atoms with Gasteiger partial charge in [0.25, 0.3) is 5.56 Å². The Morgan fingerprint density at radius 1 is 1.18 bits per heavy atom. The minimum Gasteiger partial charge on any atom is -0.497 e. The third-order valence-electron chi connectivity index (χ3n) is 7.35. The minimum absolute atomic E-state index is 0.0564. The molecule has 2 saturated heterocycles. The molecule has 2 fully saturated rings. The number of H-pyrrole nitrogens is 1. The van der Waals surface area contributed by atoms with E-state index in [-0.39, 0.29) is 17.8 Å². The molecule has 0 unspecified atom stereocenters. The predicted octanol–water partition coefficient (Wildman–Crippen LogP) is 3.53. The van der Waals surface area contributed by atoms with Crippen molar-refractivity contribution in [2.45, 2.75) is 57.0 Å². The van der Waals surface area contributed by atoms with Crippen LogP contribution in [0.2, 0.25) is 0 Å². The summed E-state index contributed by atoms with van der Waals surface area (Å²) < 4.78 is 19.2. The number of fused-ring (bicyclic) bond motifs is 1. The fourth-order valence-electron chi connectivity index (χ4n) is 5.46. The average Bonchev–Trinajstić information content (AvgIpc) is 3.74. The molecule has 3 atom stereocenters. The molecule has 4 aromatic rings. The molecule has 11 heteroatoms. The molecule has 1 aromatic carbocycles. The topological polar surface area (TPSA) is 107 Å². The molecule has 2 aliphatic heterocycles. The van der Waals surface area contributed by atoms with Crippen LogP contribution in [0.1, 0.15) is 48.0 Å². The van der Waals surface area contributed by atoms with Crippen LogP contribution in [0.5, 0.6) is 5.75 Å². The molecular formula is C27H32N6O4S. The number of thiophene rings is 1. The molecule has 0 saturated carbocycles. The van der Waals surface area contributed by atoms with Crippen LogP contribution >= 0.6 is 11.3 Å². The number of pyridine rings is 1. The van der Waals surface area contributed by atoms with Crippen molar-refractivity contribution in [3.8, 4) is 5.75 Å². The maximum atomic E-state index is 13.7. The van der Waals surface area contributed by atoms with Gasteiger partial charge in [-0.15, -0.1) is 16.4 Å². The van der Waals surface area contributed by atoms with E-state index >= 15 is 0 Å². The first kappa shape index (κ1) is 25.2. The molecule has 0 aliphatic carbocycles.